The Morgan fingerprint density at radius 2 is 2.12 bits per heavy atom. The maximum absolute atomic E-state index is 12.6. The van der Waals surface area contributed by atoms with E-state index in [0.29, 0.717) is 17.3 Å². The Kier molecular flexibility index (Phi) is 4.72. The maximum Gasteiger partial charge on any atom is 0.265 e. The molecule has 140 valence electrons. The van der Waals surface area contributed by atoms with Crippen molar-refractivity contribution in [2.45, 2.75) is 44.7 Å². The quantitative estimate of drug-likeness (QED) is 0.805. The monoisotopic (exact) mass is 379 g/mol. The molecule has 2 aromatic rings. The van der Waals surface area contributed by atoms with E-state index < -0.39 is 16.1 Å². The van der Waals surface area contributed by atoms with Crippen LogP contribution in [0, 0.1) is 13.8 Å². The molecular weight excluding hydrogens is 358 g/mol. The molecule has 26 heavy (non-hydrogen) atoms. The van der Waals surface area contributed by atoms with Crippen LogP contribution in [0.25, 0.3) is 0 Å². The molecule has 10 heteroatoms. The number of hydrogen-bond donors (Lipinski definition) is 2. The fraction of sp³-hybridized carbons (Fsp3) is 0.438. The lowest BCUT2D eigenvalue weighted by Gasteiger charge is -2.23. The predicted molar refractivity (Wildman–Crippen MR) is 94.6 cm³/mol. The number of nitrogens with one attached hydrogen (secondary N) is 2. The summed E-state index contributed by atoms with van der Waals surface area (Å²) in [6, 6.07) is 4.17. The first-order valence-corrected chi connectivity index (χ1v) is 9.66. The largest absolute Gasteiger partial charge is 0.479 e. The lowest BCUT2D eigenvalue weighted by molar-refractivity contribution is -0.122. The van der Waals surface area contributed by atoms with E-state index in [2.05, 4.69) is 20.1 Å². The number of rotatable bonds is 5. The van der Waals surface area contributed by atoms with Crippen LogP contribution in [0.4, 0.5) is 5.69 Å². The number of aromatic nitrogens is 3. The van der Waals surface area contributed by atoms with E-state index in [1.54, 1.807) is 18.5 Å². The van der Waals surface area contributed by atoms with Crippen LogP contribution in [0.15, 0.2) is 23.1 Å². The molecule has 0 aliphatic carbocycles. The van der Waals surface area contributed by atoms with E-state index in [1.807, 2.05) is 13.8 Å². The molecule has 0 saturated heterocycles. The van der Waals surface area contributed by atoms with E-state index in [-0.39, 0.29) is 23.4 Å². The highest BCUT2D eigenvalue weighted by Gasteiger charge is 2.26. The van der Waals surface area contributed by atoms with Crippen LogP contribution in [0.5, 0.6) is 5.75 Å². The normalized spacial score (nSPS) is 18.0. The molecule has 1 amide bonds. The van der Waals surface area contributed by atoms with Crippen molar-refractivity contribution in [1.29, 1.82) is 0 Å². The summed E-state index contributed by atoms with van der Waals surface area (Å²) >= 11 is 0. The molecule has 2 N–H and O–H groups in total. The number of sulfonamides is 1. The second kappa shape index (κ2) is 6.69. The minimum absolute atomic E-state index is 0.0494. The molecule has 3 rings (SSSR count). The van der Waals surface area contributed by atoms with Crippen molar-refractivity contribution >= 4 is 21.6 Å². The van der Waals surface area contributed by atoms with Gasteiger partial charge in [-0.15, -0.1) is 0 Å². The van der Waals surface area contributed by atoms with Crippen molar-refractivity contribution in [2.24, 2.45) is 0 Å². The first kappa shape index (κ1) is 18.3. The summed E-state index contributed by atoms with van der Waals surface area (Å²) in [7, 11) is -3.75. The number of aryl methyl sites for hydroxylation is 2. The molecule has 2 heterocycles. The highest BCUT2D eigenvalue weighted by Crippen LogP contribution is 2.31. The summed E-state index contributed by atoms with van der Waals surface area (Å²) < 4.78 is 34.8. The molecule has 1 aromatic heterocycles. The van der Waals surface area contributed by atoms with Crippen molar-refractivity contribution < 1.29 is 17.9 Å². The SMILES string of the molecule is Cc1nc(C)n([C@H](C)CNS(=O)(=O)c2ccc3c(c2)NC(=O)[C@H](C)O3)n1. The fourth-order valence-corrected chi connectivity index (χ4v) is 3.86. The summed E-state index contributed by atoms with van der Waals surface area (Å²) in [5.74, 6) is 1.48. The highest BCUT2D eigenvalue weighted by molar-refractivity contribution is 7.89. The molecule has 0 saturated carbocycles. The number of nitrogens with zero attached hydrogens (tertiary/aromatic N) is 3. The third-order valence-electron chi connectivity index (χ3n) is 4.09. The van der Waals surface area contributed by atoms with Gasteiger partial charge in [0, 0.05) is 6.54 Å². The Hall–Kier alpha value is -2.46. The second-order valence-electron chi connectivity index (χ2n) is 6.26. The van der Waals surface area contributed by atoms with Gasteiger partial charge in [0.05, 0.1) is 16.6 Å². The third kappa shape index (κ3) is 3.56. The standard InChI is InChI=1S/C16H21N5O4S/c1-9(21-12(4)18-11(3)20-21)8-17-26(23,24)13-5-6-15-14(7-13)19-16(22)10(2)25-15/h5-7,9-10,17H,8H2,1-4H3,(H,19,22)/t9-,10+/m1/s1. The van der Waals surface area contributed by atoms with Gasteiger partial charge in [0.15, 0.2) is 6.10 Å². The average Bonchev–Trinajstić information content (AvgIpc) is 2.92. The zero-order chi connectivity index (χ0) is 19.1. The Morgan fingerprint density at radius 1 is 1.38 bits per heavy atom. The summed E-state index contributed by atoms with van der Waals surface area (Å²) in [5.41, 5.74) is 0.340. The molecule has 1 aliphatic rings. The summed E-state index contributed by atoms with van der Waals surface area (Å²) in [4.78, 5) is 16.0. The van der Waals surface area contributed by atoms with Gasteiger partial charge in [-0.3, -0.25) is 4.79 Å². The number of benzene rings is 1. The predicted octanol–water partition coefficient (Wildman–Crippen LogP) is 1.15. The number of ether oxygens (including phenoxy) is 1. The smallest absolute Gasteiger partial charge is 0.265 e. The number of carbonyl (C=O) groups is 1. The van der Waals surface area contributed by atoms with Crippen molar-refractivity contribution in [1.82, 2.24) is 19.5 Å². The number of fused-ring (bicyclic) bond motifs is 1. The van der Waals surface area contributed by atoms with Crippen LogP contribution >= 0.6 is 0 Å². The van der Waals surface area contributed by atoms with Crippen LogP contribution in [-0.4, -0.2) is 41.7 Å². The lowest BCUT2D eigenvalue weighted by atomic mass is 10.2. The van der Waals surface area contributed by atoms with Gasteiger partial charge in [-0.1, -0.05) is 0 Å². The van der Waals surface area contributed by atoms with Crippen molar-refractivity contribution in [3.8, 4) is 5.75 Å². The van der Waals surface area contributed by atoms with E-state index in [4.69, 9.17) is 4.74 Å². The van der Waals surface area contributed by atoms with Gasteiger partial charge in [-0.05, 0) is 45.9 Å². The summed E-state index contributed by atoms with van der Waals surface area (Å²) in [6.07, 6.45) is -0.613. The molecule has 0 unspecified atom stereocenters. The van der Waals surface area contributed by atoms with Crippen LogP contribution < -0.4 is 14.8 Å². The number of hydrogen-bond acceptors (Lipinski definition) is 6. The maximum atomic E-state index is 12.6. The van der Waals surface area contributed by atoms with Crippen molar-refractivity contribution in [2.75, 3.05) is 11.9 Å². The molecule has 1 aromatic carbocycles. The minimum atomic E-state index is -3.75. The molecule has 0 spiro atoms. The summed E-state index contributed by atoms with van der Waals surface area (Å²) in [6.45, 7) is 7.23. The summed E-state index contributed by atoms with van der Waals surface area (Å²) in [5, 5.41) is 6.91. The molecule has 0 bridgehead atoms. The Morgan fingerprint density at radius 3 is 2.77 bits per heavy atom. The zero-order valence-corrected chi connectivity index (χ0v) is 15.8. The fourth-order valence-electron chi connectivity index (χ4n) is 2.71. The van der Waals surface area contributed by atoms with Gasteiger partial charge in [-0.25, -0.2) is 22.8 Å². The van der Waals surface area contributed by atoms with Crippen LogP contribution in [-0.2, 0) is 14.8 Å². The Balaban J connectivity index is 1.75. The van der Waals surface area contributed by atoms with Gasteiger partial charge >= 0.3 is 0 Å². The average molecular weight is 379 g/mol. The van der Waals surface area contributed by atoms with Gasteiger partial charge < -0.3 is 10.1 Å². The molecule has 9 nitrogen and oxygen atoms in total. The van der Waals surface area contributed by atoms with E-state index in [9.17, 15) is 13.2 Å². The molecule has 2 atom stereocenters. The Bertz CT molecular complexity index is 954. The van der Waals surface area contributed by atoms with Crippen molar-refractivity contribution in [3.63, 3.8) is 0 Å². The first-order chi connectivity index (χ1) is 12.2. The highest BCUT2D eigenvalue weighted by atomic mass is 32.2. The Labute approximate surface area is 151 Å². The van der Waals surface area contributed by atoms with E-state index >= 15 is 0 Å². The van der Waals surface area contributed by atoms with Crippen LogP contribution in [0.1, 0.15) is 31.5 Å². The number of carbonyl (C=O) groups excluding carboxylic acids is 1. The number of anilines is 1. The van der Waals surface area contributed by atoms with Crippen LogP contribution in [0.2, 0.25) is 0 Å². The molecule has 0 radical (unpaired) electrons. The van der Waals surface area contributed by atoms with Crippen molar-refractivity contribution in [3.05, 3.63) is 29.8 Å². The molecule has 1 aliphatic heterocycles. The second-order valence-corrected chi connectivity index (χ2v) is 8.03. The lowest BCUT2D eigenvalue weighted by Crippen LogP contribution is -2.35. The zero-order valence-electron chi connectivity index (χ0n) is 15.0. The third-order valence-corrected chi connectivity index (χ3v) is 5.51. The molecule has 0 fully saturated rings. The first-order valence-electron chi connectivity index (χ1n) is 8.18. The van der Waals surface area contributed by atoms with Gasteiger partial charge in [0.2, 0.25) is 10.0 Å². The number of amides is 1. The minimum Gasteiger partial charge on any atom is -0.479 e. The van der Waals surface area contributed by atoms with Crippen LogP contribution in [0.3, 0.4) is 0 Å². The topological polar surface area (TPSA) is 115 Å². The van der Waals surface area contributed by atoms with Gasteiger partial charge in [0.1, 0.15) is 17.4 Å². The van der Waals surface area contributed by atoms with E-state index in [1.165, 1.54) is 18.2 Å². The molecular formula is C16H21N5O4S. The van der Waals surface area contributed by atoms with E-state index in [0.717, 1.165) is 5.82 Å². The van der Waals surface area contributed by atoms with Gasteiger partial charge in [-0.2, -0.15) is 5.10 Å². The van der Waals surface area contributed by atoms with Gasteiger partial charge in [0.25, 0.3) is 5.91 Å².